The molecule has 0 amide bonds. The molecule has 0 aliphatic rings. The lowest BCUT2D eigenvalue weighted by atomic mass is 9.93. The van der Waals surface area contributed by atoms with Crippen molar-refractivity contribution in [2.75, 3.05) is 0 Å². The molecular formula is C48H31NO. The van der Waals surface area contributed by atoms with Crippen LogP contribution in [-0.4, -0.2) is 4.57 Å². The number of nitrogens with zero attached hydrogens (tertiary/aromatic N) is 1. The molecule has 10 aromatic rings. The van der Waals surface area contributed by atoms with Gasteiger partial charge in [-0.15, -0.1) is 0 Å². The van der Waals surface area contributed by atoms with Crippen molar-refractivity contribution in [3.8, 4) is 50.2 Å². The van der Waals surface area contributed by atoms with E-state index in [4.69, 9.17) is 4.42 Å². The van der Waals surface area contributed by atoms with Crippen LogP contribution in [0.4, 0.5) is 0 Å². The number of aromatic nitrogens is 1. The van der Waals surface area contributed by atoms with E-state index in [0.29, 0.717) is 0 Å². The molecule has 0 aliphatic carbocycles. The quantitative estimate of drug-likeness (QED) is 0.184. The highest BCUT2D eigenvalue weighted by molar-refractivity contribution is 6.11. The summed E-state index contributed by atoms with van der Waals surface area (Å²) in [6.07, 6.45) is 0. The first-order valence-corrected chi connectivity index (χ1v) is 17.1. The first-order chi connectivity index (χ1) is 24.8. The van der Waals surface area contributed by atoms with E-state index in [9.17, 15) is 0 Å². The summed E-state index contributed by atoms with van der Waals surface area (Å²) < 4.78 is 8.50. The Kier molecular flexibility index (Phi) is 6.53. The van der Waals surface area contributed by atoms with Crippen LogP contribution < -0.4 is 0 Å². The van der Waals surface area contributed by atoms with Gasteiger partial charge in [0.2, 0.25) is 0 Å². The molecule has 234 valence electrons. The topological polar surface area (TPSA) is 18.1 Å². The molecule has 2 nitrogen and oxygen atoms in total. The molecule has 0 fully saturated rings. The van der Waals surface area contributed by atoms with Crippen LogP contribution in [-0.2, 0) is 0 Å². The molecule has 0 saturated carbocycles. The predicted molar refractivity (Wildman–Crippen MR) is 210 cm³/mol. The molecule has 8 aromatic carbocycles. The lowest BCUT2D eigenvalue weighted by Gasteiger charge is -2.13. The third-order valence-corrected chi connectivity index (χ3v) is 9.99. The standard InChI is InChI=1S/C48H31NO/c1-3-11-32(12-4-1)37-27-38(33-13-5-2-6-14-33)29-39(28-37)34-19-23-40(24-20-34)49-45-17-9-7-15-41(45)43-30-35(21-25-46(43)49)36-22-26-48-44(31-36)42-16-8-10-18-47(42)50-48/h1-31H. The molecule has 2 aromatic heterocycles. The summed E-state index contributed by atoms with van der Waals surface area (Å²) in [5.74, 6) is 0. The molecule has 0 bridgehead atoms. The Morgan fingerprint density at radius 1 is 0.280 bits per heavy atom. The van der Waals surface area contributed by atoms with Gasteiger partial charge >= 0.3 is 0 Å². The maximum Gasteiger partial charge on any atom is 0.135 e. The average molecular weight is 638 g/mol. The SMILES string of the molecule is c1ccc(-c2cc(-c3ccccc3)cc(-c3ccc(-n4c5ccccc5c5cc(-c6ccc7oc8ccccc8c7c6)ccc54)cc3)c2)cc1. The first-order valence-electron chi connectivity index (χ1n) is 17.1. The highest BCUT2D eigenvalue weighted by Gasteiger charge is 2.15. The third kappa shape index (κ3) is 4.73. The molecule has 50 heavy (non-hydrogen) atoms. The van der Waals surface area contributed by atoms with Gasteiger partial charge < -0.3 is 8.98 Å². The highest BCUT2D eigenvalue weighted by atomic mass is 16.3. The van der Waals surface area contributed by atoms with Gasteiger partial charge in [0.1, 0.15) is 11.2 Å². The number of benzene rings is 8. The molecule has 10 rings (SSSR count). The molecule has 0 saturated heterocycles. The number of rotatable bonds is 5. The second kappa shape index (κ2) is 11.5. The minimum Gasteiger partial charge on any atom is -0.456 e. The highest BCUT2D eigenvalue weighted by Crippen LogP contribution is 2.38. The Morgan fingerprint density at radius 2 is 0.760 bits per heavy atom. The summed E-state index contributed by atoms with van der Waals surface area (Å²) in [7, 11) is 0. The van der Waals surface area contributed by atoms with Crippen LogP contribution in [0.3, 0.4) is 0 Å². The Morgan fingerprint density at radius 3 is 1.44 bits per heavy atom. The summed E-state index contributed by atoms with van der Waals surface area (Å²) in [6, 6.07) is 67.6. The number of para-hydroxylation sites is 2. The van der Waals surface area contributed by atoms with Crippen LogP contribution in [0.5, 0.6) is 0 Å². The summed E-state index contributed by atoms with van der Waals surface area (Å²) >= 11 is 0. The number of fused-ring (bicyclic) bond motifs is 6. The van der Waals surface area contributed by atoms with E-state index in [1.165, 1.54) is 66.3 Å². The van der Waals surface area contributed by atoms with Gasteiger partial charge in [-0.25, -0.2) is 0 Å². The molecule has 0 unspecified atom stereocenters. The van der Waals surface area contributed by atoms with Crippen molar-refractivity contribution in [2.45, 2.75) is 0 Å². The van der Waals surface area contributed by atoms with E-state index < -0.39 is 0 Å². The smallest absolute Gasteiger partial charge is 0.135 e. The molecule has 2 heteroatoms. The van der Waals surface area contributed by atoms with Gasteiger partial charge in [-0.05, 0) is 111 Å². The van der Waals surface area contributed by atoms with E-state index in [2.05, 4.69) is 180 Å². The Labute approximate surface area is 290 Å². The molecular weight excluding hydrogens is 607 g/mol. The Balaban J connectivity index is 1.07. The maximum absolute atomic E-state index is 6.11. The largest absolute Gasteiger partial charge is 0.456 e. The van der Waals surface area contributed by atoms with Crippen molar-refractivity contribution in [3.63, 3.8) is 0 Å². The second-order valence-corrected chi connectivity index (χ2v) is 13.0. The minimum atomic E-state index is 0.916. The van der Waals surface area contributed by atoms with Gasteiger partial charge in [-0.3, -0.25) is 0 Å². The van der Waals surface area contributed by atoms with Crippen molar-refractivity contribution >= 4 is 43.7 Å². The van der Waals surface area contributed by atoms with Crippen molar-refractivity contribution in [1.82, 2.24) is 4.57 Å². The van der Waals surface area contributed by atoms with E-state index >= 15 is 0 Å². The van der Waals surface area contributed by atoms with Gasteiger partial charge in [0.05, 0.1) is 11.0 Å². The minimum absolute atomic E-state index is 0.916. The lowest BCUT2D eigenvalue weighted by molar-refractivity contribution is 0.669. The summed E-state index contributed by atoms with van der Waals surface area (Å²) in [6.45, 7) is 0. The second-order valence-electron chi connectivity index (χ2n) is 13.0. The number of hydrogen-bond acceptors (Lipinski definition) is 1. The zero-order valence-corrected chi connectivity index (χ0v) is 27.3. The van der Waals surface area contributed by atoms with Crippen LogP contribution in [0.2, 0.25) is 0 Å². The van der Waals surface area contributed by atoms with Crippen molar-refractivity contribution in [1.29, 1.82) is 0 Å². The summed E-state index contributed by atoms with van der Waals surface area (Å²) in [5.41, 5.74) is 15.0. The Bertz CT molecular complexity index is 2780. The fourth-order valence-electron chi connectivity index (χ4n) is 7.53. The monoisotopic (exact) mass is 637 g/mol. The van der Waals surface area contributed by atoms with Gasteiger partial charge in [-0.1, -0.05) is 121 Å². The van der Waals surface area contributed by atoms with E-state index in [1.807, 2.05) is 12.1 Å². The number of furan rings is 1. The van der Waals surface area contributed by atoms with Crippen LogP contribution in [0.15, 0.2) is 192 Å². The predicted octanol–water partition coefficient (Wildman–Crippen LogP) is 13.4. The molecule has 0 spiro atoms. The maximum atomic E-state index is 6.11. The van der Waals surface area contributed by atoms with E-state index in [-0.39, 0.29) is 0 Å². The van der Waals surface area contributed by atoms with Crippen LogP contribution in [0.1, 0.15) is 0 Å². The average Bonchev–Trinajstić information content (AvgIpc) is 3.73. The van der Waals surface area contributed by atoms with E-state index in [1.54, 1.807) is 0 Å². The number of hydrogen-bond donors (Lipinski definition) is 0. The first kappa shape index (κ1) is 28.4. The molecule has 0 atom stereocenters. The molecule has 0 N–H and O–H groups in total. The zero-order chi connectivity index (χ0) is 33.0. The van der Waals surface area contributed by atoms with Crippen molar-refractivity contribution in [2.24, 2.45) is 0 Å². The third-order valence-electron chi connectivity index (χ3n) is 9.99. The Hall–Kier alpha value is -6.64. The normalized spacial score (nSPS) is 11.6. The zero-order valence-electron chi connectivity index (χ0n) is 27.3. The summed E-state index contributed by atoms with van der Waals surface area (Å²) in [4.78, 5) is 0. The van der Waals surface area contributed by atoms with Crippen LogP contribution in [0, 0.1) is 0 Å². The molecule has 0 aliphatic heterocycles. The fraction of sp³-hybridized carbons (Fsp3) is 0. The van der Waals surface area contributed by atoms with Gasteiger partial charge in [-0.2, -0.15) is 0 Å². The van der Waals surface area contributed by atoms with Crippen molar-refractivity contribution < 1.29 is 4.42 Å². The van der Waals surface area contributed by atoms with Gasteiger partial charge in [0.25, 0.3) is 0 Å². The van der Waals surface area contributed by atoms with Crippen LogP contribution in [0.25, 0.3) is 93.9 Å². The van der Waals surface area contributed by atoms with Crippen molar-refractivity contribution in [3.05, 3.63) is 188 Å². The van der Waals surface area contributed by atoms with Gasteiger partial charge in [0, 0.05) is 27.2 Å². The molecule has 0 radical (unpaired) electrons. The molecule has 2 heterocycles. The lowest BCUT2D eigenvalue weighted by Crippen LogP contribution is -1.94. The fourth-order valence-corrected chi connectivity index (χ4v) is 7.53. The summed E-state index contributed by atoms with van der Waals surface area (Å²) in [5, 5.41) is 4.77. The van der Waals surface area contributed by atoms with Gasteiger partial charge in [0.15, 0.2) is 0 Å². The van der Waals surface area contributed by atoms with E-state index in [0.717, 1.165) is 27.6 Å². The van der Waals surface area contributed by atoms with Crippen LogP contribution >= 0.6 is 0 Å².